The number of hydrogen-bond donors (Lipinski definition) is 3. The third kappa shape index (κ3) is 12.2. The van der Waals surface area contributed by atoms with Gasteiger partial charge < -0.3 is 44.1 Å². The fourth-order valence-corrected chi connectivity index (χ4v) is 13.4. The molecule has 8 heterocycles. The topological polar surface area (TPSA) is 222 Å². The molecule has 4 aliphatic heterocycles. The Kier molecular flexibility index (Phi) is 16.8. The Labute approximate surface area is 492 Å². The normalized spacial score (nSPS) is 20.2. The van der Waals surface area contributed by atoms with Crippen molar-refractivity contribution >= 4 is 56.7 Å². The van der Waals surface area contributed by atoms with Crippen LogP contribution in [0.5, 0.6) is 17.6 Å². The Bertz CT molecular complexity index is 3530. The molecule has 2 unspecified atom stereocenters. The minimum Gasteiger partial charge on any atom is -0.508 e. The molecule has 21 heteroatoms. The number of carbonyl (C=O) groups is 3. The highest BCUT2D eigenvalue weighted by Crippen LogP contribution is 2.41. The number of thiazole rings is 1. The van der Waals surface area contributed by atoms with Crippen molar-refractivity contribution in [3.05, 3.63) is 101 Å². The average Bonchev–Trinajstić information content (AvgIpc) is 2.59. The first-order chi connectivity index (χ1) is 40.3. The molecular formula is C63H75FN10O9S. The second-order valence-electron chi connectivity index (χ2n) is 24.3. The van der Waals surface area contributed by atoms with Crippen molar-refractivity contribution < 1.29 is 47.7 Å². The van der Waals surface area contributed by atoms with Gasteiger partial charge in [-0.2, -0.15) is 9.97 Å². The molecule has 3 aromatic carbocycles. The smallest absolute Gasteiger partial charge is 0.410 e. The maximum absolute atomic E-state index is 17.4. The number of carbonyl (C=O) groups excluding carboxylic acids is 3. The Hall–Kier alpha value is -7.49. The highest BCUT2D eigenvalue weighted by molar-refractivity contribution is 7.13. The number of likely N-dealkylation sites (tertiary alicyclic amines) is 2. The Morgan fingerprint density at radius 2 is 1.69 bits per heavy atom. The van der Waals surface area contributed by atoms with Gasteiger partial charge in [0, 0.05) is 50.4 Å². The molecule has 4 aromatic heterocycles. The third-order valence-corrected chi connectivity index (χ3v) is 17.9. The zero-order valence-corrected chi connectivity index (χ0v) is 49.8. The predicted octanol–water partition coefficient (Wildman–Crippen LogP) is 10.0. The number of halogens is 1. The number of hydrogen-bond acceptors (Lipinski definition) is 17. The third-order valence-electron chi connectivity index (χ3n) is 16.9. The monoisotopic (exact) mass is 1170 g/mol. The first-order valence-corrected chi connectivity index (χ1v) is 30.3. The van der Waals surface area contributed by atoms with Crippen LogP contribution in [0.1, 0.15) is 115 Å². The van der Waals surface area contributed by atoms with Crippen LogP contribution < -0.4 is 19.7 Å². The van der Waals surface area contributed by atoms with Gasteiger partial charge in [-0.05, 0) is 136 Å². The summed E-state index contributed by atoms with van der Waals surface area (Å²) in [7, 11) is 0. The summed E-state index contributed by atoms with van der Waals surface area (Å²) >= 11 is 1.58. The molecule has 4 saturated heterocycles. The van der Waals surface area contributed by atoms with Gasteiger partial charge in [-0.1, -0.05) is 63.2 Å². The molecule has 0 saturated carbocycles. The lowest BCUT2D eigenvalue weighted by Crippen LogP contribution is -2.57. The molecule has 2 bridgehead atoms. The number of fused-ring (bicyclic) bond motifs is 4. The lowest BCUT2D eigenvalue weighted by molar-refractivity contribution is -0.141. The number of nitrogens with one attached hydrogen (secondary N) is 1. The number of aliphatic hydroxyl groups excluding tert-OH is 1. The number of pyridine rings is 1. The van der Waals surface area contributed by atoms with Crippen LogP contribution in [0.3, 0.4) is 0 Å². The maximum Gasteiger partial charge on any atom is 0.410 e. The summed E-state index contributed by atoms with van der Waals surface area (Å²) < 4.78 is 41.5. The van der Waals surface area contributed by atoms with E-state index in [0.717, 1.165) is 76.8 Å². The second-order valence-corrected chi connectivity index (χ2v) is 25.2. The summed E-state index contributed by atoms with van der Waals surface area (Å²) in [5, 5.41) is 30.9. The van der Waals surface area contributed by atoms with Crippen LogP contribution in [0.15, 0.2) is 76.9 Å². The van der Waals surface area contributed by atoms with Crippen LogP contribution in [0.4, 0.5) is 15.0 Å². The number of piperidine rings is 1. The summed E-state index contributed by atoms with van der Waals surface area (Å²) in [5.41, 5.74) is 5.67. The van der Waals surface area contributed by atoms with Crippen molar-refractivity contribution in [3.63, 3.8) is 0 Å². The highest BCUT2D eigenvalue weighted by Gasteiger charge is 2.46. The number of anilines is 1. The number of phenolic OH excluding ortho intramolecular Hbond substituents is 1. The van der Waals surface area contributed by atoms with Crippen molar-refractivity contribution in [2.24, 2.45) is 11.8 Å². The van der Waals surface area contributed by atoms with Crippen LogP contribution in [0.25, 0.3) is 43.4 Å². The molecule has 0 spiro atoms. The number of aromatic nitrogens is 5. The molecule has 19 nitrogen and oxygen atoms in total. The van der Waals surface area contributed by atoms with E-state index in [2.05, 4.69) is 25.3 Å². The first kappa shape index (κ1) is 58.3. The molecule has 3 N–H and O–H groups in total. The summed E-state index contributed by atoms with van der Waals surface area (Å²) in [4.78, 5) is 69.2. The van der Waals surface area contributed by atoms with Gasteiger partial charge in [0.1, 0.15) is 46.9 Å². The fraction of sp³-hybridized carbons (Fsp3) is 0.492. The molecule has 4 aliphatic rings. The number of phenols is 1. The molecule has 7 aromatic rings. The maximum atomic E-state index is 17.4. The van der Waals surface area contributed by atoms with E-state index in [1.54, 1.807) is 35.7 Å². The first-order valence-electron chi connectivity index (χ1n) is 29.4. The largest absolute Gasteiger partial charge is 0.508 e. The number of rotatable bonds is 17. The van der Waals surface area contributed by atoms with Crippen LogP contribution in [-0.4, -0.2) is 150 Å². The number of aromatic hydroxyl groups is 1. The van der Waals surface area contributed by atoms with Crippen LogP contribution >= 0.6 is 11.3 Å². The summed E-state index contributed by atoms with van der Waals surface area (Å²) in [6, 6.07) is 17.2. The number of benzene rings is 3. The van der Waals surface area contributed by atoms with Gasteiger partial charge >= 0.3 is 12.1 Å². The lowest BCUT2D eigenvalue weighted by atomic mass is 9.91. The molecule has 6 atom stereocenters. The molecule has 444 valence electrons. The predicted molar refractivity (Wildman–Crippen MR) is 318 cm³/mol. The van der Waals surface area contributed by atoms with E-state index >= 15 is 4.39 Å². The fourth-order valence-electron chi connectivity index (χ4n) is 12.6. The van der Waals surface area contributed by atoms with Gasteiger partial charge in [0.25, 0.3) is 5.88 Å². The van der Waals surface area contributed by atoms with E-state index in [-0.39, 0.29) is 96.3 Å². The minimum atomic E-state index is -0.864. The van der Waals surface area contributed by atoms with Gasteiger partial charge in [0.05, 0.1) is 52.3 Å². The van der Waals surface area contributed by atoms with Gasteiger partial charge in [0.15, 0.2) is 11.6 Å². The zero-order chi connectivity index (χ0) is 59.1. The molecule has 3 amide bonds. The van der Waals surface area contributed by atoms with E-state index in [4.69, 9.17) is 33.7 Å². The van der Waals surface area contributed by atoms with Crippen LogP contribution in [0.2, 0.25) is 0 Å². The highest BCUT2D eigenvalue weighted by atomic mass is 32.1. The number of nitrogens with zero attached hydrogens (tertiary/aromatic N) is 9. The van der Waals surface area contributed by atoms with E-state index in [1.807, 2.05) is 108 Å². The van der Waals surface area contributed by atoms with Crippen molar-refractivity contribution in [2.45, 2.75) is 136 Å². The number of piperazine rings is 1. The van der Waals surface area contributed by atoms with Crippen molar-refractivity contribution in [1.82, 2.24) is 45.1 Å². The zero-order valence-electron chi connectivity index (χ0n) is 49.0. The van der Waals surface area contributed by atoms with Gasteiger partial charge in [-0.15, -0.1) is 11.3 Å². The average molecular weight is 1170 g/mol. The van der Waals surface area contributed by atoms with E-state index in [0.29, 0.717) is 55.2 Å². The number of ether oxygens (including phenoxy) is 3. The Morgan fingerprint density at radius 3 is 2.38 bits per heavy atom. The number of aryl methyl sites for hydroxylation is 2. The Morgan fingerprint density at radius 1 is 0.940 bits per heavy atom. The van der Waals surface area contributed by atoms with E-state index in [1.165, 1.54) is 4.90 Å². The summed E-state index contributed by atoms with van der Waals surface area (Å²) in [6.07, 6.45) is 4.49. The summed E-state index contributed by atoms with van der Waals surface area (Å²) in [6.45, 7) is 19.0. The SMILES string of the molecule is CCc1cccc2cc(O)cc(-c3ncc4c(N5CC6CCC(C5)N6C(=O)OC(C)(C)C)nc(OCCN5CCC(COc6cc([C@H](C(=O)N7C[C@H](O)C[C@H]7C(=O)N[C@@H](C)c7ccc(-c8scnc8C)cc7)C(C)C)on6)CC5)nc4c3F)c12. The van der Waals surface area contributed by atoms with Crippen molar-refractivity contribution in [1.29, 1.82) is 0 Å². The molecule has 11 rings (SSSR count). The molecule has 4 fully saturated rings. The quantitative estimate of drug-likeness (QED) is 0.0772. The lowest BCUT2D eigenvalue weighted by Gasteiger charge is -2.42. The van der Waals surface area contributed by atoms with Gasteiger partial charge in [-0.3, -0.25) is 24.4 Å². The molecular weight excluding hydrogens is 1090 g/mol. The Balaban J connectivity index is 0.719. The number of aliphatic hydroxyl groups is 1. The molecule has 0 aliphatic carbocycles. The van der Waals surface area contributed by atoms with E-state index < -0.39 is 29.5 Å². The van der Waals surface area contributed by atoms with Crippen LogP contribution in [0, 0.1) is 24.6 Å². The number of β-amino-alcohol motifs (C(OH)–C–C–N with tert-alkyl or cyclic N) is 1. The van der Waals surface area contributed by atoms with Gasteiger partial charge in [0.2, 0.25) is 11.8 Å². The minimum absolute atomic E-state index is 0.00443. The second kappa shape index (κ2) is 24.2. The molecule has 84 heavy (non-hydrogen) atoms. The number of amides is 3. The van der Waals surface area contributed by atoms with Crippen molar-refractivity contribution in [3.8, 4) is 39.3 Å². The molecule has 0 radical (unpaired) electrons. The van der Waals surface area contributed by atoms with Gasteiger partial charge in [-0.25, -0.2) is 14.2 Å². The van der Waals surface area contributed by atoms with E-state index in [9.17, 15) is 24.6 Å². The van der Waals surface area contributed by atoms with Crippen molar-refractivity contribution in [2.75, 3.05) is 57.4 Å². The summed E-state index contributed by atoms with van der Waals surface area (Å²) in [5.74, 6) is -1.01. The standard InChI is InChI=1S/C63H75FN10O9S/c1-9-39-11-10-12-42-25-45(75)26-47(53(39)42)55-54(64)56-48(29-65-55)58(72-30-43-17-18-44(31-72)74(43)62(79)82-63(6,7)8)69-61(68-56)80-24-23-71-21-19-38(20-22-71)33-81-51-28-50(83-70-51)52(35(2)3)60(78)73-32-46(76)27-49(73)59(77)67-36(4)40-13-15-41(16-14-40)57-37(5)66-34-84-57/h10-16,25-26,28-29,34-36,38,43-44,46,49,52,75-76H,9,17-24,27,30-33H2,1-8H3,(H,67,77)/t36-,43?,44?,46+,49-,52+/m0/s1. The van der Waals surface area contributed by atoms with Crippen LogP contribution in [-0.2, 0) is 20.7 Å².